The molecule has 2 amide bonds. The molecule has 4 rings (SSSR count). The number of rotatable bonds is 7. The first-order valence-electron chi connectivity index (χ1n) is 9.60. The number of carbonyl (C=O) groups excluding carboxylic acids is 2. The fraction of sp³-hybridized carbons (Fsp3) is 0.182. The molecule has 1 aliphatic rings. The number of fused-ring (bicyclic) bond motifs is 3. The van der Waals surface area contributed by atoms with Gasteiger partial charge in [0.25, 0.3) is 5.91 Å². The number of carboxylic acids is 1. The number of hydrogen-bond acceptors (Lipinski definition) is 6. The summed E-state index contributed by atoms with van der Waals surface area (Å²) < 4.78 is 5.46. The van der Waals surface area contributed by atoms with Gasteiger partial charge in [0.05, 0.1) is 6.42 Å². The largest absolute Gasteiger partial charge is 0.481 e. The summed E-state index contributed by atoms with van der Waals surface area (Å²) in [4.78, 5) is 38.8. The van der Waals surface area contributed by atoms with Crippen LogP contribution in [0.4, 0.5) is 9.93 Å². The second-order valence-electron chi connectivity index (χ2n) is 6.89. The average Bonchev–Trinajstić information content (AvgIpc) is 3.35. The van der Waals surface area contributed by atoms with Gasteiger partial charge in [-0.1, -0.05) is 48.5 Å². The summed E-state index contributed by atoms with van der Waals surface area (Å²) in [6.45, 7) is 0.175. The minimum absolute atomic E-state index is 0.000827. The van der Waals surface area contributed by atoms with Crippen LogP contribution in [0.2, 0.25) is 0 Å². The standard InChI is InChI=1S/C22H19N3O5S/c26-19(27)9-10-23-20(28)18-12-31-21(24-18)25-22(29)30-11-17-15-7-3-1-5-13(15)14-6-2-4-8-16(14)17/h1-8,12,17H,9-11H2,(H,23,28)(H,26,27)(H,24,25,29). The van der Waals surface area contributed by atoms with Crippen LogP contribution in [0.25, 0.3) is 11.1 Å². The van der Waals surface area contributed by atoms with Crippen LogP contribution in [-0.2, 0) is 9.53 Å². The first-order chi connectivity index (χ1) is 15.0. The van der Waals surface area contributed by atoms with Crippen LogP contribution >= 0.6 is 11.3 Å². The molecule has 31 heavy (non-hydrogen) atoms. The molecular weight excluding hydrogens is 418 g/mol. The number of ether oxygens (including phenoxy) is 1. The van der Waals surface area contributed by atoms with Gasteiger partial charge in [0, 0.05) is 17.8 Å². The number of carbonyl (C=O) groups is 3. The lowest BCUT2D eigenvalue weighted by Gasteiger charge is -2.14. The summed E-state index contributed by atoms with van der Waals surface area (Å²) in [5.74, 6) is -1.56. The van der Waals surface area contributed by atoms with E-state index in [0.29, 0.717) is 0 Å². The Hall–Kier alpha value is -3.72. The van der Waals surface area contributed by atoms with Crippen LogP contribution in [0.1, 0.15) is 34.0 Å². The Morgan fingerprint density at radius 2 is 1.68 bits per heavy atom. The molecule has 9 heteroatoms. The van der Waals surface area contributed by atoms with E-state index in [4.69, 9.17) is 9.84 Å². The Bertz CT molecular complexity index is 1100. The van der Waals surface area contributed by atoms with Crippen LogP contribution in [0.3, 0.4) is 0 Å². The fourth-order valence-corrected chi connectivity index (χ4v) is 4.21. The molecule has 3 N–H and O–H groups in total. The maximum atomic E-state index is 12.3. The third-order valence-electron chi connectivity index (χ3n) is 4.91. The van der Waals surface area contributed by atoms with E-state index < -0.39 is 18.0 Å². The van der Waals surface area contributed by atoms with Gasteiger partial charge in [0.15, 0.2) is 5.13 Å². The van der Waals surface area contributed by atoms with Gasteiger partial charge in [-0.3, -0.25) is 14.9 Å². The molecule has 2 aromatic carbocycles. The number of nitrogens with zero attached hydrogens (tertiary/aromatic N) is 1. The molecule has 158 valence electrons. The van der Waals surface area contributed by atoms with Crippen molar-refractivity contribution in [2.75, 3.05) is 18.5 Å². The molecule has 1 aromatic heterocycles. The normalized spacial score (nSPS) is 12.0. The van der Waals surface area contributed by atoms with Gasteiger partial charge in [-0.15, -0.1) is 11.3 Å². The molecule has 0 aliphatic heterocycles. The highest BCUT2D eigenvalue weighted by Crippen LogP contribution is 2.44. The zero-order valence-corrected chi connectivity index (χ0v) is 17.1. The van der Waals surface area contributed by atoms with E-state index in [1.807, 2.05) is 36.4 Å². The van der Waals surface area contributed by atoms with Crippen molar-refractivity contribution in [2.45, 2.75) is 12.3 Å². The van der Waals surface area contributed by atoms with E-state index in [1.54, 1.807) is 0 Å². The molecular formula is C22H19N3O5S. The summed E-state index contributed by atoms with van der Waals surface area (Å²) >= 11 is 1.08. The number of carboxylic acid groups (broad SMARTS) is 1. The van der Waals surface area contributed by atoms with E-state index in [2.05, 4.69) is 27.8 Å². The van der Waals surface area contributed by atoms with E-state index in [-0.39, 0.29) is 36.3 Å². The summed E-state index contributed by atoms with van der Waals surface area (Å²) in [6.07, 6.45) is -0.838. The van der Waals surface area contributed by atoms with Gasteiger partial charge in [0.2, 0.25) is 0 Å². The second-order valence-corrected chi connectivity index (χ2v) is 7.75. The number of anilines is 1. The topological polar surface area (TPSA) is 118 Å². The van der Waals surface area contributed by atoms with Crippen molar-refractivity contribution in [1.82, 2.24) is 10.3 Å². The summed E-state index contributed by atoms with van der Waals surface area (Å²) in [7, 11) is 0. The molecule has 0 bridgehead atoms. The van der Waals surface area contributed by atoms with Crippen LogP contribution in [0.5, 0.6) is 0 Å². The van der Waals surface area contributed by atoms with Crippen molar-refractivity contribution in [2.24, 2.45) is 0 Å². The minimum atomic E-state index is -1.00. The molecule has 3 aromatic rings. The number of thiazole rings is 1. The molecule has 1 aliphatic carbocycles. The molecule has 0 fully saturated rings. The molecule has 0 spiro atoms. The summed E-state index contributed by atoms with van der Waals surface area (Å²) in [6, 6.07) is 16.1. The average molecular weight is 437 g/mol. The zero-order chi connectivity index (χ0) is 21.8. The van der Waals surface area contributed by atoms with Crippen LogP contribution < -0.4 is 10.6 Å². The van der Waals surface area contributed by atoms with Gasteiger partial charge in [-0.05, 0) is 22.3 Å². The zero-order valence-electron chi connectivity index (χ0n) is 16.3. The Morgan fingerprint density at radius 3 is 2.32 bits per heavy atom. The van der Waals surface area contributed by atoms with E-state index in [9.17, 15) is 14.4 Å². The first-order valence-corrected chi connectivity index (χ1v) is 10.5. The highest BCUT2D eigenvalue weighted by molar-refractivity contribution is 7.14. The molecule has 0 atom stereocenters. The number of aromatic nitrogens is 1. The monoisotopic (exact) mass is 437 g/mol. The first kappa shape index (κ1) is 20.5. The Balaban J connectivity index is 1.35. The number of aliphatic carboxylic acids is 1. The number of benzene rings is 2. The lowest BCUT2D eigenvalue weighted by atomic mass is 9.98. The second kappa shape index (κ2) is 8.97. The maximum absolute atomic E-state index is 12.3. The quantitative estimate of drug-likeness (QED) is 0.519. The molecule has 1 heterocycles. The van der Waals surface area contributed by atoms with Crippen molar-refractivity contribution >= 4 is 34.4 Å². The van der Waals surface area contributed by atoms with Crippen molar-refractivity contribution in [3.63, 3.8) is 0 Å². The molecule has 8 nitrogen and oxygen atoms in total. The molecule has 0 radical (unpaired) electrons. The van der Waals surface area contributed by atoms with E-state index in [0.717, 1.165) is 33.6 Å². The van der Waals surface area contributed by atoms with Gasteiger partial charge >= 0.3 is 12.1 Å². The molecule has 0 unspecified atom stereocenters. The number of amides is 2. The van der Waals surface area contributed by atoms with Crippen LogP contribution in [0.15, 0.2) is 53.9 Å². The Labute approximate surface area is 181 Å². The third kappa shape index (κ3) is 4.56. The Morgan fingerprint density at radius 1 is 1.03 bits per heavy atom. The van der Waals surface area contributed by atoms with Crippen molar-refractivity contribution < 1.29 is 24.2 Å². The van der Waals surface area contributed by atoms with Gasteiger partial charge < -0.3 is 15.2 Å². The van der Waals surface area contributed by atoms with E-state index >= 15 is 0 Å². The highest BCUT2D eigenvalue weighted by Gasteiger charge is 2.29. The molecule has 0 saturated carbocycles. The lowest BCUT2D eigenvalue weighted by molar-refractivity contribution is -0.136. The van der Waals surface area contributed by atoms with Crippen molar-refractivity contribution in [3.8, 4) is 11.1 Å². The van der Waals surface area contributed by atoms with E-state index in [1.165, 1.54) is 5.38 Å². The Kier molecular flexibility index (Phi) is 5.94. The predicted molar refractivity (Wildman–Crippen MR) is 115 cm³/mol. The smallest absolute Gasteiger partial charge is 0.413 e. The lowest BCUT2D eigenvalue weighted by Crippen LogP contribution is -2.26. The number of hydrogen-bond donors (Lipinski definition) is 3. The SMILES string of the molecule is O=C(O)CCNC(=O)c1csc(NC(=O)OCC2c3ccccc3-c3ccccc32)n1. The minimum Gasteiger partial charge on any atom is -0.481 e. The fourth-order valence-electron chi connectivity index (χ4n) is 3.53. The third-order valence-corrected chi connectivity index (χ3v) is 5.67. The van der Waals surface area contributed by atoms with Crippen molar-refractivity contribution in [3.05, 3.63) is 70.7 Å². The maximum Gasteiger partial charge on any atom is 0.413 e. The predicted octanol–water partition coefficient (Wildman–Crippen LogP) is 3.71. The van der Waals surface area contributed by atoms with Crippen LogP contribution in [-0.4, -0.2) is 41.2 Å². The number of nitrogens with one attached hydrogen (secondary N) is 2. The van der Waals surface area contributed by atoms with Gasteiger partial charge in [0.1, 0.15) is 12.3 Å². The molecule has 0 saturated heterocycles. The van der Waals surface area contributed by atoms with Crippen molar-refractivity contribution in [1.29, 1.82) is 0 Å². The van der Waals surface area contributed by atoms with Crippen LogP contribution in [0, 0.1) is 0 Å². The summed E-state index contributed by atoms with van der Waals surface area (Å²) in [5, 5.41) is 15.3. The highest BCUT2D eigenvalue weighted by atomic mass is 32.1. The van der Waals surface area contributed by atoms with Gasteiger partial charge in [-0.25, -0.2) is 9.78 Å². The summed E-state index contributed by atoms with van der Waals surface area (Å²) in [5.41, 5.74) is 4.62. The van der Waals surface area contributed by atoms with Gasteiger partial charge in [-0.2, -0.15) is 0 Å².